The Hall–Kier alpha value is -3.39. The first-order valence-electron chi connectivity index (χ1n) is 10.9. The molecule has 2 aromatic heterocycles. The minimum Gasteiger partial charge on any atom is -0.494 e. The van der Waals surface area contributed by atoms with Gasteiger partial charge in [-0.25, -0.2) is 9.18 Å². The van der Waals surface area contributed by atoms with Crippen molar-refractivity contribution in [2.24, 2.45) is 0 Å². The second-order valence-corrected chi connectivity index (χ2v) is 9.04. The number of aromatic nitrogens is 3. The third kappa shape index (κ3) is 3.12. The highest BCUT2D eigenvalue weighted by Gasteiger charge is 2.53. The SMILES string of the molecule is COc1cc(-n2c(C(C)C)c([C@H]3C[C@](OC)(C(=O)O)C3)c3cc4[nH]ncc4cc32)ccc1F. The number of carboxylic acid groups (broad SMARTS) is 1. The molecule has 2 aromatic carbocycles. The number of methoxy groups -OCH3 is 2. The molecule has 0 saturated heterocycles. The van der Waals surface area contributed by atoms with Crippen LogP contribution in [0.2, 0.25) is 0 Å². The van der Waals surface area contributed by atoms with Gasteiger partial charge in [0.25, 0.3) is 0 Å². The summed E-state index contributed by atoms with van der Waals surface area (Å²) < 4.78 is 27.0. The largest absolute Gasteiger partial charge is 0.494 e. The van der Waals surface area contributed by atoms with E-state index in [2.05, 4.69) is 40.7 Å². The summed E-state index contributed by atoms with van der Waals surface area (Å²) in [6, 6.07) is 8.98. The molecule has 2 N–H and O–H groups in total. The lowest BCUT2D eigenvalue weighted by Crippen LogP contribution is -2.51. The van der Waals surface area contributed by atoms with E-state index in [1.54, 1.807) is 18.3 Å². The number of nitrogens with one attached hydrogen (secondary N) is 1. The molecule has 1 aliphatic carbocycles. The Bertz CT molecular complexity index is 1380. The van der Waals surface area contributed by atoms with Gasteiger partial charge < -0.3 is 19.1 Å². The van der Waals surface area contributed by atoms with Crippen LogP contribution in [0, 0.1) is 5.82 Å². The Balaban J connectivity index is 1.80. The molecule has 0 aliphatic heterocycles. The second-order valence-electron chi connectivity index (χ2n) is 9.04. The number of hydrogen-bond acceptors (Lipinski definition) is 4. The Labute approximate surface area is 190 Å². The van der Waals surface area contributed by atoms with E-state index in [1.807, 2.05) is 0 Å². The third-order valence-electron chi connectivity index (χ3n) is 6.89. The summed E-state index contributed by atoms with van der Waals surface area (Å²) in [5, 5.41) is 18.9. The highest BCUT2D eigenvalue weighted by atomic mass is 19.1. The lowest BCUT2D eigenvalue weighted by Gasteiger charge is -2.43. The molecule has 33 heavy (non-hydrogen) atoms. The van der Waals surface area contributed by atoms with Crippen molar-refractivity contribution >= 4 is 27.8 Å². The van der Waals surface area contributed by atoms with Crippen LogP contribution in [0.25, 0.3) is 27.5 Å². The average molecular weight is 451 g/mol. The highest BCUT2D eigenvalue weighted by molar-refractivity contribution is 5.99. The molecular weight excluding hydrogens is 425 g/mol. The monoisotopic (exact) mass is 451 g/mol. The fourth-order valence-electron chi connectivity index (χ4n) is 5.20. The lowest BCUT2D eigenvalue weighted by atomic mass is 9.66. The number of rotatable bonds is 6. The number of carboxylic acids is 1. The van der Waals surface area contributed by atoms with Crippen LogP contribution < -0.4 is 4.74 Å². The van der Waals surface area contributed by atoms with Crippen LogP contribution in [-0.4, -0.2) is 45.7 Å². The zero-order chi connectivity index (χ0) is 23.5. The number of carbonyl (C=O) groups is 1. The van der Waals surface area contributed by atoms with Crippen molar-refractivity contribution in [3.05, 3.63) is 53.6 Å². The number of H-pyrrole nitrogens is 1. The maximum atomic E-state index is 14.2. The number of aliphatic carboxylic acids is 1. The van der Waals surface area contributed by atoms with Crippen molar-refractivity contribution in [3.8, 4) is 11.4 Å². The summed E-state index contributed by atoms with van der Waals surface area (Å²) in [5.41, 5.74) is 3.66. The van der Waals surface area contributed by atoms with Gasteiger partial charge in [-0.15, -0.1) is 0 Å². The van der Waals surface area contributed by atoms with Crippen LogP contribution >= 0.6 is 0 Å². The van der Waals surface area contributed by atoms with Gasteiger partial charge in [0.15, 0.2) is 17.2 Å². The molecule has 1 fully saturated rings. The van der Waals surface area contributed by atoms with E-state index in [-0.39, 0.29) is 17.6 Å². The van der Waals surface area contributed by atoms with E-state index >= 15 is 0 Å². The van der Waals surface area contributed by atoms with Gasteiger partial charge in [-0.3, -0.25) is 5.10 Å². The topological polar surface area (TPSA) is 89.4 Å². The van der Waals surface area contributed by atoms with Crippen LogP contribution in [0.1, 0.15) is 49.8 Å². The van der Waals surface area contributed by atoms with Crippen LogP contribution in [0.4, 0.5) is 4.39 Å². The minimum atomic E-state index is -1.16. The zero-order valence-electron chi connectivity index (χ0n) is 19.0. The molecule has 8 heteroatoms. The summed E-state index contributed by atoms with van der Waals surface area (Å²) in [4.78, 5) is 11.9. The van der Waals surface area contributed by atoms with E-state index in [0.717, 1.165) is 38.8 Å². The first-order chi connectivity index (χ1) is 15.8. The average Bonchev–Trinajstić information content (AvgIpc) is 3.34. The molecule has 0 unspecified atom stereocenters. The van der Waals surface area contributed by atoms with Crippen molar-refractivity contribution in [3.63, 3.8) is 0 Å². The summed E-state index contributed by atoms with van der Waals surface area (Å²) in [6.45, 7) is 4.23. The number of benzene rings is 2. The van der Waals surface area contributed by atoms with Crippen molar-refractivity contribution in [1.29, 1.82) is 0 Å². The predicted octanol–water partition coefficient (Wildman–Crippen LogP) is 5.13. The second kappa shape index (κ2) is 7.59. The Morgan fingerprint density at radius 1 is 1.27 bits per heavy atom. The van der Waals surface area contributed by atoms with Crippen molar-refractivity contribution in [2.45, 2.75) is 44.1 Å². The van der Waals surface area contributed by atoms with Gasteiger partial charge in [-0.2, -0.15) is 5.10 Å². The standard InChI is InChI=1S/C25H26FN3O4/c1-13(2)23-22(15-10-25(11-15,33-4)24(30)31)17-9-19-14(12-27-28-19)7-20(17)29(23)16-5-6-18(26)21(8-16)32-3/h5-9,12-13,15H,10-11H2,1-4H3,(H,27,28)(H,30,31)/t15-,25+. The molecule has 1 saturated carbocycles. The Morgan fingerprint density at radius 2 is 2.03 bits per heavy atom. The summed E-state index contributed by atoms with van der Waals surface area (Å²) in [7, 11) is 2.90. The molecule has 0 amide bonds. The number of fused-ring (bicyclic) bond motifs is 2. The Kier molecular flexibility index (Phi) is 4.93. The number of halogens is 1. The first kappa shape index (κ1) is 21.5. The molecule has 0 spiro atoms. The maximum absolute atomic E-state index is 14.2. The maximum Gasteiger partial charge on any atom is 0.335 e. The summed E-state index contributed by atoms with van der Waals surface area (Å²) in [6.07, 6.45) is 2.56. The molecule has 0 bridgehead atoms. The molecule has 5 rings (SSSR count). The van der Waals surface area contributed by atoms with Gasteiger partial charge in [0.2, 0.25) is 0 Å². The normalized spacial score (nSPS) is 20.5. The van der Waals surface area contributed by atoms with E-state index in [9.17, 15) is 14.3 Å². The van der Waals surface area contributed by atoms with Gasteiger partial charge >= 0.3 is 5.97 Å². The van der Waals surface area contributed by atoms with Gasteiger partial charge in [0.05, 0.1) is 24.3 Å². The third-order valence-corrected chi connectivity index (χ3v) is 6.89. The van der Waals surface area contributed by atoms with Crippen molar-refractivity contribution in [1.82, 2.24) is 14.8 Å². The molecule has 172 valence electrons. The van der Waals surface area contributed by atoms with Crippen LogP contribution in [0.3, 0.4) is 0 Å². The molecule has 2 heterocycles. The van der Waals surface area contributed by atoms with E-state index in [1.165, 1.54) is 20.3 Å². The van der Waals surface area contributed by atoms with Crippen molar-refractivity contribution < 1.29 is 23.8 Å². The highest BCUT2D eigenvalue weighted by Crippen LogP contribution is 2.52. The number of hydrogen-bond donors (Lipinski definition) is 2. The zero-order valence-corrected chi connectivity index (χ0v) is 19.0. The van der Waals surface area contributed by atoms with Gasteiger partial charge in [-0.1, -0.05) is 13.8 Å². The summed E-state index contributed by atoms with van der Waals surface area (Å²) in [5.74, 6) is -1.04. The lowest BCUT2D eigenvalue weighted by molar-refractivity contribution is -0.175. The molecule has 4 aromatic rings. The number of nitrogens with zero attached hydrogens (tertiary/aromatic N) is 2. The molecule has 0 atom stereocenters. The molecule has 7 nitrogen and oxygen atoms in total. The summed E-state index contributed by atoms with van der Waals surface area (Å²) >= 11 is 0. The smallest absolute Gasteiger partial charge is 0.335 e. The van der Waals surface area contributed by atoms with Gasteiger partial charge in [-0.05, 0) is 54.5 Å². The fraction of sp³-hybridized carbons (Fsp3) is 0.360. The number of aromatic amines is 1. The van der Waals surface area contributed by atoms with Gasteiger partial charge in [0.1, 0.15) is 0 Å². The molecule has 1 aliphatic rings. The fourth-order valence-corrected chi connectivity index (χ4v) is 5.20. The van der Waals surface area contributed by atoms with Crippen LogP contribution in [-0.2, 0) is 9.53 Å². The van der Waals surface area contributed by atoms with Crippen molar-refractivity contribution in [2.75, 3.05) is 14.2 Å². The molecular formula is C25H26FN3O4. The van der Waals surface area contributed by atoms with E-state index in [4.69, 9.17) is 9.47 Å². The number of ether oxygens (including phenoxy) is 2. The first-order valence-corrected chi connectivity index (χ1v) is 10.9. The van der Waals surface area contributed by atoms with Gasteiger partial charge in [0, 0.05) is 35.3 Å². The van der Waals surface area contributed by atoms with Crippen LogP contribution in [0.15, 0.2) is 36.5 Å². The Morgan fingerprint density at radius 3 is 2.67 bits per heavy atom. The quantitative estimate of drug-likeness (QED) is 0.424. The minimum absolute atomic E-state index is 0.0184. The molecule has 0 radical (unpaired) electrons. The van der Waals surface area contributed by atoms with Crippen LogP contribution in [0.5, 0.6) is 5.75 Å². The van der Waals surface area contributed by atoms with E-state index in [0.29, 0.717) is 12.8 Å². The van der Waals surface area contributed by atoms with E-state index < -0.39 is 17.4 Å². The predicted molar refractivity (Wildman–Crippen MR) is 123 cm³/mol.